The number of aliphatic imine (C=N–C) groups is 1. The topological polar surface area (TPSA) is 41.6 Å². The molecule has 0 amide bonds. The lowest BCUT2D eigenvalue weighted by molar-refractivity contribution is 0.204. The molecule has 1 spiro atoms. The lowest BCUT2D eigenvalue weighted by Crippen LogP contribution is -2.48. The molecule has 1 heterocycles. The zero-order valence-electron chi connectivity index (χ0n) is 9.61. The first kappa shape index (κ1) is 9.70. The summed E-state index contributed by atoms with van der Waals surface area (Å²) in [5, 5.41) is 0. The summed E-state index contributed by atoms with van der Waals surface area (Å²) in [5.41, 5.74) is 8.84. The summed E-state index contributed by atoms with van der Waals surface area (Å²) in [6.45, 7) is 0.812. The van der Waals surface area contributed by atoms with Gasteiger partial charge in [0.25, 0.3) is 0 Å². The second-order valence-electron chi connectivity index (χ2n) is 4.78. The van der Waals surface area contributed by atoms with E-state index in [4.69, 9.17) is 5.73 Å². The molecule has 84 valence electrons. The molecule has 1 unspecified atom stereocenters. The zero-order valence-corrected chi connectivity index (χ0v) is 9.61. The average Bonchev–Trinajstić information content (AvgIpc) is 2.60. The Hall–Kier alpha value is -1.51. The molecule has 1 aliphatic carbocycles. The van der Waals surface area contributed by atoms with Crippen molar-refractivity contribution in [2.24, 2.45) is 10.7 Å². The summed E-state index contributed by atoms with van der Waals surface area (Å²) in [6, 6.07) is 8.71. The van der Waals surface area contributed by atoms with E-state index in [1.165, 1.54) is 24.0 Å². The Kier molecular flexibility index (Phi) is 1.96. The smallest absolute Gasteiger partial charge is 0.191 e. The highest BCUT2D eigenvalue weighted by Gasteiger charge is 2.44. The molecule has 2 aliphatic rings. The van der Waals surface area contributed by atoms with Gasteiger partial charge in [0.05, 0.1) is 12.1 Å². The van der Waals surface area contributed by atoms with Crippen molar-refractivity contribution in [1.29, 1.82) is 0 Å². The van der Waals surface area contributed by atoms with Gasteiger partial charge in [0, 0.05) is 7.05 Å². The van der Waals surface area contributed by atoms with E-state index in [0.29, 0.717) is 5.96 Å². The number of fused-ring (bicyclic) bond motifs is 2. The third-order valence-electron chi connectivity index (χ3n) is 4.04. The molecule has 0 saturated carbocycles. The van der Waals surface area contributed by atoms with Gasteiger partial charge in [-0.1, -0.05) is 24.3 Å². The fourth-order valence-corrected chi connectivity index (χ4v) is 3.05. The molecule has 0 saturated heterocycles. The summed E-state index contributed by atoms with van der Waals surface area (Å²) >= 11 is 0. The van der Waals surface area contributed by atoms with Crippen molar-refractivity contribution in [3.05, 3.63) is 35.4 Å². The van der Waals surface area contributed by atoms with Crippen LogP contribution in [0.5, 0.6) is 0 Å². The van der Waals surface area contributed by atoms with Crippen molar-refractivity contribution in [3.8, 4) is 0 Å². The van der Waals surface area contributed by atoms with Gasteiger partial charge >= 0.3 is 0 Å². The number of guanidine groups is 1. The second kappa shape index (κ2) is 3.24. The third-order valence-corrected chi connectivity index (χ3v) is 4.04. The van der Waals surface area contributed by atoms with Crippen LogP contribution < -0.4 is 5.73 Å². The normalized spacial score (nSPS) is 28.1. The quantitative estimate of drug-likeness (QED) is 0.712. The summed E-state index contributed by atoms with van der Waals surface area (Å²) in [4.78, 5) is 6.57. The van der Waals surface area contributed by atoms with E-state index >= 15 is 0 Å². The van der Waals surface area contributed by atoms with Crippen LogP contribution in [0.15, 0.2) is 29.3 Å². The molecule has 0 bridgehead atoms. The number of aryl methyl sites for hydroxylation is 1. The minimum Gasteiger partial charge on any atom is -0.370 e. The SMILES string of the molecule is CN1C(N)=NCC12CCCc1ccccc12. The van der Waals surface area contributed by atoms with Crippen LogP contribution in [0.25, 0.3) is 0 Å². The molecular formula is C13H17N3. The maximum atomic E-state index is 5.92. The van der Waals surface area contributed by atoms with Crippen LogP contribution in [0.4, 0.5) is 0 Å². The van der Waals surface area contributed by atoms with E-state index < -0.39 is 0 Å². The molecule has 2 N–H and O–H groups in total. The fraction of sp³-hybridized carbons (Fsp3) is 0.462. The van der Waals surface area contributed by atoms with Crippen LogP contribution in [-0.4, -0.2) is 24.5 Å². The van der Waals surface area contributed by atoms with Crippen LogP contribution >= 0.6 is 0 Å². The second-order valence-corrected chi connectivity index (χ2v) is 4.78. The van der Waals surface area contributed by atoms with Crippen molar-refractivity contribution in [3.63, 3.8) is 0 Å². The van der Waals surface area contributed by atoms with E-state index in [1.54, 1.807) is 0 Å². The number of benzene rings is 1. The monoisotopic (exact) mass is 215 g/mol. The molecule has 3 rings (SSSR count). The predicted octanol–water partition coefficient (Wildman–Crippen LogP) is 1.48. The Morgan fingerprint density at radius 2 is 2.19 bits per heavy atom. The number of hydrogen-bond acceptors (Lipinski definition) is 3. The molecule has 0 aromatic heterocycles. The highest BCUT2D eigenvalue weighted by atomic mass is 15.3. The van der Waals surface area contributed by atoms with E-state index in [-0.39, 0.29) is 5.54 Å². The minimum atomic E-state index is 0.0406. The Morgan fingerprint density at radius 1 is 1.38 bits per heavy atom. The van der Waals surface area contributed by atoms with Gasteiger partial charge in [-0.15, -0.1) is 0 Å². The lowest BCUT2D eigenvalue weighted by Gasteiger charge is -2.41. The summed E-state index contributed by atoms with van der Waals surface area (Å²) in [6.07, 6.45) is 3.57. The predicted molar refractivity (Wildman–Crippen MR) is 65.3 cm³/mol. The third kappa shape index (κ3) is 1.11. The van der Waals surface area contributed by atoms with Gasteiger partial charge in [0.1, 0.15) is 0 Å². The summed E-state index contributed by atoms with van der Waals surface area (Å²) < 4.78 is 0. The molecule has 3 nitrogen and oxygen atoms in total. The number of hydrogen-bond donors (Lipinski definition) is 1. The van der Waals surface area contributed by atoms with Crippen molar-refractivity contribution in [1.82, 2.24) is 4.90 Å². The Labute approximate surface area is 96.0 Å². The number of likely N-dealkylation sites (N-methyl/N-ethyl adjacent to an activating group) is 1. The first-order valence-corrected chi connectivity index (χ1v) is 5.86. The van der Waals surface area contributed by atoms with E-state index in [1.807, 2.05) is 0 Å². The standard InChI is InChI=1S/C13H17N3/c1-16-12(14)15-9-13(16)8-4-6-10-5-2-3-7-11(10)13/h2-3,5,7H,4,6,8-9H2,1H3,(H2,14,15). The first-order valence-electron chi connectivity index (χ1n) is 5.86. The molecule has 0 radical (unpaired) electrons. The van der Waals surface area contributed by atoms with Crippen molar-refractivity contribution >= 4 is 5.96 Å². The highest BCUT2D eigenvalue weighted by molar-refractivity contribution is 5.81. The highest BCUT2D eigenvalue weighted by Crippen LogP contribution is 2.41. The van der Waals surface area contributed by atoms with E-state index in [2.05, 4.69) is 41.2 Å². The van der Waals surface area contributed by atoms with Crippen molar-refractivity contribution in [2.75, 3.05) is 13.6 Å². The average molecular weight is 215 g/mol. The lowest BCUT2D eigenvalue weighted by atomic mass is 9.76. The number of nitrogens with two attached hydrogens (primary N) is 1. The fourth-order valence-electron chi connectivity index (χ4n) is 3.05. The van der Waals surface area contributed by atoms with Crippen molar-refractivity contribution in [2.45, 2.75) is 24.8 Å². The van der Waals surface area contributed by atoms with Gasteiger partial charge in [-0.2, -0.15) is 0 Å². The molecule has 3 heteroatoms. The van der Waals surface area contributed by atoms with Crippen LogP contribution in [0.1, 0.15) is 24.0 Å². The van der Waals surface area contributed by atoms with Gasteiger partial charge in [0.2, 0.25) is 0 Å². The molecule has 1 aliphatic heterocycles. The van der Waals surface area contributed by atoms with Gasteiger partial charge in [0.15, 0.2) is 5.96 Å². The maximum absolute atomic E-state index is 5.92. The number of rotatable bonds is 0. The molecular weight excluding hydrogens is 198 g/mol. The van der Waals surface area contributed by atoms with Gasteiger partial charge in [-0.05, 0) is 30.4 Å². The van der Waals surface area contributed by atoms with E-state index in [9.17, 15) is 0 Å². The van der Waals surface area contributed by atoms with E-state index in [0.717, 1.165) is 13.0 Å². The molecule has 1 aromatic carbocycles. The van der Waals surface area contributed by atoms with Crippen molar-refractivity contribution < 1.29 is 0 Å². The number of nitrogens with zero attached hydrogens (tertiary/aromatic N) is 2. The Bertz CT molecular complexity index is 452. The first-order chi connectivity index (χ1) is 7.74. The minimum absolute atomic E-state index is 0.0406. The van der Waals surface area contributed by atoms with Crippen LogP contribution in [-0.2, 0) is 12.0 Å². The summed E-state index contributed by atoms with van der Waals surface area (Å²) in [5.74, 6) is 0.678. The van der Waals surface area contributed by atoms with Gasteiger partial charge < -0.3 is 10.6 Å². The van der Waals surface area contributed by atoms with Crippen LogP contribution in [0.3, 0.4) is 0 Å². The molecule has 16 heavy (non-hydrogen) atoms. The van der Waals surface area contributed by atoms with Gasteiger partial charge in [-0.25, -0.2) is 0 Å². The molecule has 0 fully saturated rings. The molecule has 1 atom stereocenters. The summed E-state index contributed by atoms with van der Waals surface area (Å²) in [7, 11) is 2.06. The maximum Gasteiger partial charge on any atom is 0.191 e. The largest absolute Gasteiger partial charge is 0.370 e. The van der Waals surface area contributed by atoms with Crippen LogP contribution in [0, 0.1) is 0 Å². The Morgan fingerprint density at radius 3 is 2.94 bits per heavy atom. The Balaban J connectivity index is 2.12. The zero-order chi connectivity index (χ0) is 11.2. The molecule has 1 aromatic rings. The van der Waals surface area contributed by atoms with Crippen LogP contribution in [0.2, 0.25) is 0 Å². The van der Waals surface area contributed by atoms with Gasteiger partial charge in [-0.3, -0.25) is 4.99 Å².